The van der Waals surface area contributed by atoms with Gasteiger partial charge in [0.15, 0.2) is 5.54 Å². The molecule has 0 aromatic heterocycles. The number of phenols is 1. The van der Waals surface area contributed by atoms with Gasteiger partial charge in [-0.2, -0.15) is 0 Å². The van der Waals surface area contributed by atoms with Crippen LogP contribution in [-0.4, -0.2) is 40.8 Å². The summed E-state index contributed by atoms with van der Waals surface area (Å²) >= 11 is 0. The summed E-state index contributed by atoms with van der Waals surface area (Å²) < 4.78 is 0. The van der Waals surface area contributed by atoms with Crippen LogP contribution in [0.3, 0.4) is 0 Å². The monoisotopic (exact) mass is 380 g/mol. The van der Waals surface area contributed by atoms with E-state index in [2.05, 4.69) is 16.0 Å². The van der Waals surface area contributed by atoms with Crippen LogP contribution in [0.5, 0.6) is 5.75 Å². The van der Waals surface area contributed by atoms with Crippen molar-refractivity contribution < 1.29 is 24.3 Å². The Labute approximate surface area is 159 Å². The lowest BCUT2D eigenvalue weighted by Gasteiger charge is -2.31. The summed E-state index contributed by atoms with van der Waals surface area (Å²) in [5.41, 5.74) is 0.632. The summed E-state index contributed by atoms with van der Waals surface area (Å²) in [6.45, 7) is 0.123. The fourth-order valence-corrected chi connectivity index (χ4v) is 3.60. The minimum Gasteiger partial charge on any atom is -0.508 e. The number of urea groups is 1. The summed E-state index contributed by atoms with van der Waals surface area (Å²) in [5.74, 6) is -0.809. The maximum absolute atomic E-state index is 12.7. The van der Waals surface area contributed by atoms with E-state index in [9.17, 15) is 24.3 Å². The molecule has 0 aliphatic carbocycles. The maximum Gasteiger partial charge on any atom is 0.322 e. The number of phenolic OH excluding ortho intramolecular Hbond substituents is 1. The number of nitrogens with zero attached hydrogens (tertiary/aromatic N) is 1. The lowest BCUT2D eigenvalue weighted by molar-refractivity contribution is -0.124. The van der Waals surface area contributed by atoms with Gasteiger partial charge in [0.2, 0.25) is 6.41 Å². The van der Waals surface area contributed by atoms with Gasteiger partial charge in [-0.25, -0.2) is 4.79 Å². The molecule has 28 heavy (non-hydrogen) atoms. The molecule has 9 heteroatoms. The summed E-state index contributed by atoms with van der Waals surface area (Å²) in [6, 6.07) is 10.2. The third kappa shape index (κ3) is 2.73. The van der Waals surface area contributed by atoms with Crippen molar-refractivity contribution in [3.8, 4) is 5.75 Å². The second-order valence-corrected chi connectivity index (χ2v) is 6.66. The van der Waals surface area contributed by atoms with Gasteiger partial charge in [-0.05, 0) is 41.5 Å². The average molecular weight is 380 g/mol. The van der Waals surface area contributed by atoms with Gasteiger partial charge in [-0.1, -0.05) is 12.1 Å². The van der Waals surface area contributed by atoms with Crippen LogP contribution in [0.2, 0.25) is 0 Å². The Hall–Kier alpha value is -3.88. The van der Waals surface area contributed by atoms with Crippen molar-refractivity contribution in [3.05, 3.63) is 59.2 Å². The molecule has 2 aliphatic rings. The topological polar surface area (TPSA) is 128 Å². The number of carbonyl (C=O) groups excluding carboxylic acids is 4. The molecule has 4 N–H and O–H groups in total. The fourth-order valence-electron chi connectivity index (χ4n) is 3.60. The van der Waals surface area contributed by atoms with E-state index in [4.69, 9.17) is 0 Å². The van der Waals surface area contributed by atoms with Gasteiger partial charge in [0, 0.05) is 17.8 Å². The fraction of sp³-hybridized carbons (Fsp3) is 0.158. The number of amides is 5. The number of carbonyl (C=O) groups is 4. The third-order valence-electron chi connectivity index (χ3n) is 4.94. The van der Waals surface area contributed by atoms with E-state index in [0.717, 1.165) is 0 Å². The Balaban J connectivity index is 1.68. The van der Waals surface area contributed by atoms with Crippen molar-refractivity contribution in [3.63, 3.8) is 0 Å². The predicted molar refractivity (Wildman–Crippen MR) is 97.3 cm³/mol. The molecule has 1 saturated heterocycles. The summed E-state index contributed by atoms with van der Waals surface area (Å²) in [7, 11) is 0. The predicted octanol–water partition coefficient (Wildman–Crippen LogP) is 0.651. The summed E-state index contributed by atoms with van der Waals surface area (Å²) in [6.07, 6.45) is 0.532. The first-order chi connectivity index (χ1) is 13.4. The second-order valence-electron chi connectivity index (χ2n) is 6.66. The van der Waals surface area contributed by atoms with Crippen molar-refractivity contribution in [1.82, 2.24) is 15.5 Å². The van der Waals surface area contributed by atoms with Crippen LogP contribution in [0.1, 0.15) is 21.5 Å². The van der Waals surface area contributed by atoms with E-state index in [-0.39, 0.29) is 24.7 Å². The lowest BCUT2D eigenvalue weighted by atomic mass is 9.89. The van der Waals surface area contributed by atoms with Crippen LogP contribution in [-0.2, 0) is 21.7 Å². The van der Waals surface area contributed by atoms with Crippen molar-refractivity contribution in [2.75, 3.05) is 11.9 Å². The highest BCUT2D eigenvalue weighted by atomic mass is 16.3. The average Bonchev–Trinajstić information content (AvgIpc) is 3.12. The quantitative estimate of drug-likeness (QED) is 0.447. The molecule has 0 spiro atoms. The zero-order chi connectivity index (χ0) is 19.9. The second kappa shape index (κ2) is 6.38. The lowest BCUT2D eigenvalue weighted by Crippen LogP contribution is -2.52. The summed E-state index contributed by atoms with van der Waals surface area (Å²) in [5, 5.41) is 17.0. The molecule has 5 amide bonds. The molecule has 2 aromatic carbocycles. The molecule has 0 saturated carbocycles. The Bertz CT molecular complexity index is 1000. The molecule has 1 atom stereocenters. The largest absolute Gasteiger partial charge is 0.508 e. The van der Waals surface area contributed by atoms with Gasteiger partial charge in [0.1, 0.15) is 5.75 Å². The highest BCUT2D eigenvalue weighted by Crippen LogP contribution is 2.32. The molecule has 2 heterocycles. The Morgan fingerprint density at radius 3 is 2.54 bits per heavy atom. The Morgan fingerprint density at radius 2 is 1.89 bits per heavy atom. The molecule has 1 unspecified atom stereocenters. The van der Waals surface area contributed by atoms with Crippen LogP contribution >= 0.6 is 0 Å². The van der Waals surface area contributed by atoms with E-state index in [1.54, 1.807) is 24.3 Å². The first-order valence-electron chi connectivity index (χ1n) is 8.48. The Kier molecular flexibility index (Phi) is 3.99. The molecule has 2 aromatic rings. The SMILES string of the molecule is O=CNc1ccc(C2(CN3Cc4cc(O)ccc4C3=O)NC(=O)NC2=O)cc1. The van der Waals surface area contributed by atoms with Gasteiger partial charge in [-0.3, -0.25) is 19.7 Å². The minimum absolute atomic E-state index is 0.0493. The van der Waals surface area contributed by atoms with E-state index >= 15 is 0 Å². The third-order valence-corrected chi connectivity index (χ3v) is 4.94. The van der Waals surface area contributed by atoms with Gasteiger partial charge < -0.3 is 20.6 Å². The number of anilines is 1. The van der Waals surface area contributed by atoms with Crippen LogP contribution in [0, 0.1) is 0 Å². The van der Waals surface area contributed by atoms with Crippen LogP contribution in [0.25, 0.3) is 0 Å². The number of fused-ring (bicyclic) bond motifs is 1. The van der Waals surface area contributed by atoms with Crippen molar-refractivity contribution >= 4 is 29.9 Å². The molecule has 0 radical (unpaired) electrons. The minimum atomic E-state index is -1.46. The zero-order valence-corrected chi connectivity index (χ0v) is 14.6. The van der Waals surface area contributed by atoms with Crippen LogP contribution in [0.15, 0.2) is 42.5 Å². The molecule has 0 bridgehead atoms. The molecular weight excluding hydrogens is 364 g/mol. The number of nitrogens with one attached hydrogen (secondary N) is 3. The van der Waals surface area contributed by atoms with Gasteiger partial charge in [-0.15, -0.1) is 0 Å². The number of aromatic hydroxyl groups is 1. The zero-order valence-electron chi connectivity index (χ0n) is 14.6. The molecule has 2 aliphatic heterocycles. The smallest absolute Gasteiger partial charge is 0.322 e. The molecule has 142 valence electrons. The first kappa shape index (κ1) is 17.5. The van der Waals surface area contributed by atoms with Crippen molar-refractivity contribution in [2.24, 2.45) is 0 Å². The number of hydrogen-bond acceptors (Lipinski definition) is 5. The van der Waals surface area contributed by atoms with Gasteiger partial charge in [0.05, 0.1) is 6.54 Å². The summed E-state index contributed by atoms with van der Waals surface area (Å²) in [4.78, 5) is 49.4. The maximum atomic E-state index is 12.7. The standard InChI is InChI=1S/C19H16N4O5/c24-10-20-13-3-1-12(2-4-13)19(17(27)21-18(28)22-19)9-23-8-11-7-14(25)5-6-15(11)16(23)26/h1-7,10,25H,8-9H2,(H,20,24)(H2,21,22,27,28). The molecular formula is C19H16N4O5. The highest BCUT2D eigenvalue weighted by Gasteiger charge is 2.50. The van der Waals surface area contributed by atoms with E-state index in [1.807, 2.05) is 0 Å². The molecule has 9 nitrogen and oxygen atoms in total. The van der Waals surface area contributed by atoms with E-state index < -0.39 is 17.5 Å². The van der Waals surface area contributed by atoms with Gasteiger partial charge >= 0.3 is 6.03 Å². The van der Waals surface area contributed by atoms with E-state index in [0.29, 0.717) is 28.8 Å². The molecule has 4 rings (SSSR count). The highest BCUT2D eigenvalue weighted by molar-refractivity contribution is 6.08. The Morgan fingerprint density at radius 1 is 1.14 bits per heavy atom. The first-order valence-corrected chi connectivity index (χ1v) is 8.48. The number of hydrogen-bond donors (Lipinski definition) is 4. The number of benzene rings is 2. The van der Waals surface area contributed by atoms with E-state index in [1.165, 1.54) is 23.1 Å². The molecule has 1 fully saturated rings. The number of imide groups is 1. The van der Waals surface area contributed by atoms with Crippen molar-refractivity contribution in [2.45, 2.75) is 12.1 Å². The van der Waals surface area contributed by atoms with Crippen molar-refractivity contribution in [1.29, 1.82) is 0 Å². The normalized spacial score (nSPS) is 20.6. The van der Waals surface area contributed by atoms with Crippen LogP contribution in [0.4, 0.5) is 10.5 Å². The van der Waals surface area contributed by atoms with Crippen LogP contribution < -0.4 is 16.0 Å². The number of rotatable bonds is 5. The van der Waals surface area contributed by atoms with Gasteiger partial charge in [0.25, 0.3) is 11.8 Å².